The van der Waals surface area contributed by atoms with Gasteiger partial charge >= 0.3 is 17.9 Å². The highest BCUT2D eigenvalue weighted by atomic mass is 16.5. The first kappa shape index (κ1) is 20.5. The molecule has 0 spiro atoms. The Morgan fingerprint density at radius 1 is 0.833 bits per heavy atom. The van der Waals surface area contributed by atoms with Crippen LogP contribution >= 0.6 is 0 Å². The molecule has 0 unspecified atom stereocenters. The van der Waals surface area contributed by atoms with E-state index < -0.39 is 5.97 Å². The van der Waals surface area contributed by atoms with Gasteiger partial charge in [-0.05, 0) is 25.7 Å². The predicted octanol–water partition coefficient (Wildman–Crippen LogP) is 3.32. The maximum atomic E-state index is 11.8. The smallest absolute Gasteiger partial charge is 0.309 e. The molecule has 1 aliphatic carbocycles. The van der Waals surface area contributed by atoms with Crippen LogP contribution < -0.4 is 0 Å². The van der Waals surface area contributed by atoms with E-state index in [1.807, 2.05) is 0 Å². The fraction of sp³-hybridized carbons (Fsp3) is 0.833. The lowest BCUT2D eigenvalue weighted by Crippen LogP contribution is -2.15. The Balaban J connectivity index is 1.97. The minimum absolute atomic E-state index is 0.215. The van der Waals surface area contributed by atoms with Gasteiger partial charge < -0.3 is 14.6 Å². The third kappa shape index (κ3) is 8.89. The average Bonchev–Trinajstić information content (AvgIpc) is 3.34. The summed E-state index contributed by atoms with van der Waals surface area (Å²) in [5.41, 5.74) is 0. The number of hydrogen-bond acceptors (Lipinski definition) is 5. The molecule has 0 saturated heterocycles. The number of esters is 2. The maximum Gasteiger partial charge on any atom is 0.309 e. The first-order valence-corrected chi connectivity index (χ1v) is 9.11. The van der Waals surface area contributed by atoms with Crippen molar-refractivity contribution in [1.82, 2.24) is 0 Å². The van der Waals surface area contributed by atoms with Crippen LogP contribution in [0.5, 0.6) is 0 Å². The van der Waals surface area contributed by atoms with Crippen LogP contribution in [0.25, 0.3) is 0 Å². The van der Waals surface area contributed by atoms with Gasteiger partial charge in [0.25, 0.3) is 0 Å². The van der Waals surface area contributed by atoms with Crippen molar-refractivity contribution in [3.63, 3.8) is 0 Å². The molecule has 0 aromatic carbocycles. The zero-order chi connectivity index (χ0) is 17.8. The normalized spacial score (nSPS) is 18.9. The molecular formula is C18H30O6. The van der Waals surface area contributed by atoms with E-state index >= 15 is 0 Å². The fourth-order valence-electron chi connectivity index (χ4n) is 2.54. The second-order valence-corrected chi connectivity index (χ2v) is 6.40. The summed E-state index contributed by atoms with van der Waals surface area (Å²) >= 11 is 0. The van der Waals surface area contributed by atoms with E-state index in [0.29, 0.717) is 26.1 Å². The number of carbonyl (C=O) groups is 3. The third-order valence-electron chi connectivity index (χ3n) is 4.17. The molecule has 0 heterocycles. The van der Waals surface area contributed by atoms with Gasteiger partial charge in [0, 0.05) is 6.42 Å². The van der Waals surface area contributed by atoms with Crippen molar-refractivity contribution in [3.8, 4) is 0 Å². The van der Waals surface area contributed by atoms with E-state index in [-0.39, 0.29) is 30.2 Å². The van der Waals surface area contributed by atoms with E-state index in [4.69, 9.17) is 14.6 Å². The lowest BCUT2D eigenvalue weighted by molar-refractivity contribution is -0.151. The predicted molar refractivity (Wildman–Crippen MR) is 88.4 cm³/mol. The highest BCUT2D eigenvalue weighted by Gasteiger charge is 2.50. The summed E-state index contributed by atoms with van der Waals surface area (Å²) in [4.78, 5) is 33.9. The Morgan fingerprint density at radius 3 is 1.88 bits per heavy atom. The van der Waals surface area contributed by atoms with Crippen molar-refractivity contribution < 1.29 is 29.0 Å². The van der Waals surface area contributed by atoms with Gasteiger partial charge in [-0.15, -0.1) is 0 Å². The number of carboxylic acids is 1. The molecule has 138 valence electrons. The molecule has 1 aliphatic rings. The molecule has 1 fully saturated rings. The van der Waals surface area contributed by atoms with Gasteiger partial charge in [-0.3, -0.25) is 14.4 Å². The molecule has 0 aliphatic heterocycles. The highest BCUT2D eigenvalue weighted by molar-refractivity contribution is 5.87. The molecule has 6 nitrogen and oxygen atoms in total. The third-order valence-corrected chi connectivity index (χ3v) is 4.17. The molecule has 24 heavy (non-hydrogen) atoms. The van der Waals surface area contributed by atoms with Crippen molar-refractivity contribution in [3.05, 3.63) is 0 Å². The summed E-state index contributed by atoms with van der Waals surface area (Å²) in [5.74, 6) is -1.95. The Hall–Kier alpha value is -1.59. The van der Waals surface area contributed by atoms with Gasteiger partial charge in [0.15, 0.2) is 0 Å². The SMILES string of the molecule is CCCCCOC(=O)[C@@H]1C[C@H]1C(=O)OCCCCCCCC(=O)O. The van der Waals surface area contributed by atoms with Gasteiger partial charge in [0.2, 0.25) is 0 Å². The van der Waals surface area contributed by atoms with E-state index in [9.17, 15) is 14.4 Å². The Bertz CT molecular complexity index is 406. The second-order valence-electron chi connectivity index (χ2n) is 6.40. The van der Waals surface area contributed by atoms with Crippen LogP contribution in [0, 0.1) is 11.8 Å². The summed E-state index contributed by atoms with van der Waals surface area (Å²) in [6, 6.07) is 0. The second kappa shape index (κ2) is 11.9. The van der Waals surface area contributed by atoms with Gasteiger partial charge in [0.1, 0.15) is 0 Å². The Morgan fingerprint density at radius 2 is 1.33 bits per heavy atom. The van der Waals surface area contributed by atoms with Crippen molar-refractivity contribution in [2.45, 2.75) is 71.1 Å². The van der Waals surface area contributed by atoms with E-state index in [1.165, 1.54) is 0 Å². The molecule has 1 saturated carbocycles. The van der Waals surface area contributed by atoms with Gasteiger partial charge in [-0.2, -0.15) is 0 Å². The monoisotopic (exact) mass is 342 g/mol. The Kier molecular flexibility index (Phi) is 10.1. The molecule has 6 heteroatoms. The zero-order valence-corrected chi connectivity index (χ0v) is 14.6. The topological polar surface area (TPSA) is 89.9 Å². The van der Waals surface area contributed by atoms with Crippen LogP contribution in [0.1, 0.15) is 71.1 Å². The summed E-state index contributed by atoms with van der Waals surface area (Å²) in [5, 5.41) is 8.51. The number of rotatable bonds is 14. The highest BCUT2D eigenvalue weighted by Crippen LogP contribution is 2.40. The Labute approximate surface area is 143 Å². The van der Waals surface area contributed by atoms with E-state index in [0.717, 1.165) is 44.9 Å². The molecule has 2 atom stereocenters. The van der Waals surface area contributed by atoms with Crippen molar-refractivity contribution in [1.29, 1.82) is 0 Å². The van der Waals surface area contributed by atoms with Gasteiger partial charge in [0.05, 0.1) is 25.0 Å². The quantitative estimate of drug-likeness (QED) is 0.385. The van der Waals surface area contributed by atoms with Crippen molar-refractivity contribution >= 4 is 17.9 Å². The summed E-state index contributed by atoms with van der Waals surface area (Å²) in [6.07, 6.45) is 7.96. The molecule has 0 aromatic rings. The van der Waals surface area contributed by atoms with Gasteiger partial charge in [-0.1, -0.05) is 39.0 Å². The molecule has 0 radical (unpaired) electrons. The lowest BCUT2D eigenvalue weighted by Gasteiger charge is -2.05. The minimum atomic E-state index is -0.758. The van der Waals surface area contributed by atoms with E-state index in [1.54, 1.807) is 0 Å². The summed E-state index contributed by atoms with van der Waals surface area (Å²) in [7, 11) is 0. The number of carbonyl (C=O) groups excluding carboxylic acids is 2. The molecule has 0 bridgehead atoms. The fourth-order valence-corrected chi connectivity index (χ4v) is 2.54. The first-order valence-electron chi connectivity index (χ1n) is 9.11. The van der Waals surface area contributed by atoms with Crippen LogP contribution in [-0.4, -0.2) is 36.2 Å². The molecule has 1 N–H and O–H groups in total. The van der Waals surface area contributed by atoms with Crippen LogP contribution in [0.2, 0.25) is 0 Å². The molecule has 1 rings (SSSR count). The minimum Gasteiger partial charge on any atom is -0.481 e. The average molecular weight is 342 g/mol. The van der Waals surface area contributed by atoms with Crippen LogP contribution in [0.3, 0.4) is 0 Å². The van der Waals surface area contributed by atoms with Crippen LogP contribution in [0.4, 0.5) is 0 Å². The molecule has 0 amide bonds. The van der Waals surface area contributed by atoms with Crippen LogP contribution in [0.15, 0.2) is 0 Å². The number of ether oxygens (including phenoxy) is 2. The van der Waals surface area contributed by atoms with Gasteiger partial charge in [-0.25, -0.2) is 0 Å². The number of unbranched alkanes of at least 4 members (excludes halogenated alkanes) is 6. The summed E-state index contributed by atoms with van der Waals surface area (Å²) in [6.45, 7) is 2.89. The maximum absolute atomic E-state index is 11.8. The van der Waals surface area contributed by atoms with E-state index in [2.05, 4.69) is 6.92 Å². The first-order chi connectivity index (χ1) is 11.6. The largest absolute Gasteiger partial charge is 0.481 e. The van der Waals surface area contributed by atoms with Crippen molar-refractivity contribution in [2.24, 2.45) is 11.8 Å². The zero-order valence-electron chi connectivity index (χ0n) is 14.6. The molecule has 0 aromatic heterocycles. The van der Waals surface area contributed by atoms with Crippen molar-refractivity contribution in [2.75, 3.05) is 13.2 Å². The number of hydrogen-bond donors (Lipinski definition) is 1. The number of aliphatic carboxylic acids is 1. The number of carboxylic acid groups (broad SMARTS) is 1. The lowest BCUT2D eigenvalue weighted by atomic mass is 10.1. The molecular weight excluding hydrogens is 312 g/mol. The standard InChI is InChI=1S/C18H30O6/c1-2-3-8-11-23-17(21)14-13-15(14)18(22)24-12-9-6-4-5-7-10-16(19)20/h14-15H,2-13H2,1H3,(H,19,20)/t14-,15-/m1/s1. The van der Waals surface area contributed by atoms with Crippen LogP contribution in [-0.2, 0) is 23.9 Å². The summed E-state index contributed by atoms with van der Waals surface area (Å²) < 4.78 is 10.4.